The SMILES string of the molecule is CCN(CC)CCCCC1CCCCN1CCNC(=O)N1c2ccccc2C(=O)Nc2cccnc21. The fraction of sp³-hybridized carbons (Fsp3) is 0.536. The van der Waals surface area contributed by atoms with Gasteiger partial charge >= 0.3 is 6.03 Å². The maximum absolute atomic E-state index is 13.5. The van der Waals surface area contributed by atoms with Gasteiger partial charge in [0.05, 0.1) is 16.9 Å². The van der Waals surface area contributed by atoms with Crippen LogP contribution in [0.5, 0.6) is 0 Å². The van der Waals surface area contributed by atoms with E-state index in [-0.39, 0.29) is 11.9 Å². The highest BCUT2D eigenvalue weighted by Crippen LogP contribution is 2.36. The molecule has 3 heterocycles. The Morgan fingerprint density at radius 1 is 1.14 bits per heavy atom. The van der Waals surface area contributed by atoms with Crippen LogP contribution in [-0.2, 0) is 0 Å². The lowest BCUT2D eigenvalue weighted by atomic mass is 9.97. The van der Waals surface area contributed by atoms with Crippen molar-refractivity contribution >= 4 is 29.1 Å². The summed E-state index contributed by atoms with van der Waals surface area (Å²) in [5.74, 6) is 0.185. The van der Waals surface area contributed by atoms with Gasteiger partial charge in [-0.2, -0.15) is 0 Å². The van der Waals surface area contributed by atoms with E-state index in [1.165, 1.54) is 50.0 Å². The van der Waals surface area contributed by atoms with E-state index in [1.807, 2.05) is 6.07 Å². The summed E-state index contributed by atoms with van der Waals surface area (Å²) in [6, 6.07) is 11.0. The number of rotatable bonds is 10. The molecular formula is C28H40N6O2. The topological polar surface area (TPSA) is 80.8 Å². The maximum Gasteiger partial charge on any atom is 0.327 e. The smallest absolute Gasteiger partial charge is 0.327 e. The zero-order valence-electron chi connectivity index (χ0n) is 21.7. The molecule has 0 spiro atoms. The number of hydrogen-bond donors (Lipinski definition) is 2. The summed E-state index contributed by atoms with van der Waals surface area (Å²) in [4.78, 5) is 37.2. The number of nitrogens with one attached hydrogen (secondary N) is 2. The van der Waals surface area contributed by atoms with Crippen LogP contribution >= 0.6 is 0 Å². The highest BCUT2D eigenvalue weighted by Gasteiger charge is 2.30. The molecule has 2 N–H and O–H groups in total. The average molecular weight is 493 g/mol. The van der Waals surface area contributed by atoms with E-state index in [0.29, 0.717) is 35.3 Å². The third-order valence-corrected chi connectivity index (χ3v) is 7.42. The quantitative estimate of drug-likeness (QED) is 0.463. The van der Waals surface area contributed by atoms with Gasteiger partial charge in [0.2, 0.25) is 0 Å². The number of aromatic nitrogens is 1. The third kappa shape index (κ3) is 6.23. The van der Waals surface area contributed by atoms with Crippen molar-refractivity contribution in [3.63, 3.8) is 0 Å². The number of fused-ring (bicyclic) bond motifs is 2. The summed E-state index contributed by atoms with van der Waals surface area (Å²) in [7, 11) is 0. The molecule has 0 saturated carbocycles. The van der Waals surface area contributed by atoms with Crippen LogP contribution in [0.3, 0.4) is 0 Å². The number of pyridine rings is 1. The van der Waals surface area contributed by atoms with Crippen molar-refractivity contribution in [1.29, 1.82) is 0 Å². The number of anilines is 3. The number of amides is 3. The number of carbonyl (C=O) groups excluding carboxylic acids is 2. The fourth-order valence-corrected chi connectivity index (χ4v) is 5.36. The van der Waals surface area contributed by atoms with E-state index in [0.717, 1.165) is 26.2 Å². The lowest BCUT2D eigenvalue weighted by Crippen LogP contribution is -2.46. The van der Waals surface area contributed by atoms with Gasteiger partial charge < -0.3 is 15.5 Å². The minimum atomic E-state index is -0.272. The highest BCUT2D eigenvalue weighted by molar-refractivity contribution is 6.16. The second kappa shape index (κ2) is 12.8. The summed E-state index contributed by atoms with van der Waals surface area (Å²) in [6.45, 7) is 10.4. The molecule has 8 heteroatoms. The van der Waals surface area contributed by atoms with E-state index in [4.69, 9.17) is 0 Å². The van der Waals surface area contributed by atoms with Crippen LogP contribution in [0, 0.1) is 0 Å². The first-order chi connectivity index (χ1) is 17.6. The van der Waals surface area contributed by atoms with Gasteiger partial charge in [0.1, 0.15) is 0 Å². The van der Waals surface area contributed by atoms with Crippen molar-refractivity contribution in [2.45, 2.75) is 58.4 Å². The molecule has 2 aliphatic heterocycles. The Labute approximate surface area is 215 Å². The number of hydrogen-bond acceptors (Lipinski definition) is 5. The number of carbonyl (C=O) groups is 2. The average Bonchev–Trinajstić information content (AvgIpc) is 3.03. The van der Waals surface area contributed by atoms with Gasteiger partial charge in [0, 0.05) is 25.3 Å². The van der Waals surface area contributed by atoms with Crippen LogP contribution in [0.1, 0.15) is 62.7 Å². The van der Waals surface area contributed by atoms with Crippen LogP contribution in [0.2, 0.25) is 0 Å². The Morgan fingerprint density at radius 3 is 2.81 bits per heavy atom. The molecule has 0 radical (unpaired) electrons. The van der Waals surface area contributed by atoms with E-state index < -0.39 is 0 Å². The Morgan fingerprint density at radius 2 is 1.97 bits per heavy atom. The number of benzene rings is 1. The predicted molar refractivity (Wildman–Crippen MR) is 145 cm³/mol. The monoisotopic (exact) mass is 492 g/mol. The van der Waals surface area contributed by atoms with Crippen LogP contribution in [-0.4, -0.2) is 72.0 Å². The highest BCUT2D eigenvalue weighted by atomic mass is 16.2. The molecule has 0 bridgehead atoms. The van der Waals surface area contributed by atoms with Crippen molar-refractivity contribution in [3.8, 4) is 0 Å². The number of para-hydroxylation sites is 1. The van der Waals surface area contributed by atoms with Crippen LogP contribution < -0.4 is 15.5 Å². The molecule has 1 fully saturated rings. The summed E-state index contributed by atoms with van der Waals surface area (Å²) < 4.78 is 0. The lowest BCUT2D eigenvalue weighted by Gasteiger charge is -2.36. The second-order valence-corrected chi connectivity index (χ2v) is 9.62. The number of nitrogens with zero attached hydrogens (tertiary/aromatic N) is 4. The summed E-state index contributed by atoms with van der Waals surface area (Å²) in [6.07, 6.45) is 9.10. The molecule has 2 aliphatic rings. The zero-order chi connectivity index (χ0) is 25.3. The van der Waals surface area contributed by atoms with Gasteiger partial charge in [-0.3, -0.25) is 9.69 Å². The zero-order valence-corrected chi connectivity index (χ0v) is 21.7. The first kappa shape index (κ1) is 26.1. The molecule has 1 aromatic carbocycles. The van der Waals surface area contributed by atoms with E-state index in [1.54, 1.807) is 36.5 Å². The molecule has 36 heavy (non-hydrogen) atoms. The van der Waals surface area contributed by atoms with Crippen LogP contribution in [0.25, 0.3) is 0 Å². The Hall–Kier alpha value is -2.97. The molecule has 1 unspecified atom stereocenters. The van der Waals surface area contributed by atoms with E-state index in [2.05, 4.69) is 39.3 Å². The first-order valence-electron chi connectivity index (χ1n) is 13.5. The first-order valence-corrected chi connectivity index (χ1v) is 13.5. The number of urea groups is 1. The van der Waals surface area contributed by atoms with Crippen LogP contribution in [0.4, 0.5) is 22.0 Å². The van der Waals surface area contributed by atoms with Gasteiger partial charge in [0.15, 0.2) is 5.82 Å². The molecule has 8 nitrogen and oxygen atoms in total. The summed E-state index contributed by atoms with van der Waals surface area (Å²) in [5, 5.41) is 5.98. The summed E-state index contributed by atoms with van der Waals surface area (Å²) in [5.41, 5.74) is 1.51. The summed E-state index contributed by atoms with van der Waals surface area (Å²) >= 11 is 0. The predicted octanol–water partition coefficient (Wildman–Crippen LogP) is 4.86. The minimum Gasteiger partial charge on any atom is -0.336 e. The fourth-order valence-electron chi connectivity index (χ4n) is 5.36. The van der Waals surface area contributed by atoms with Gasteiger partial charge in [-0.25, -0.2) is 14.7 Å². The van der Waals surface area contributed by atoms with Gasteiger partial charge in [-0.15, -0.1) is 0 Å². The minimum absolute atomic E-state index is 0.243. The number of piperidine rings is 1. The lowest BCUT2D eigenvalue weighted by molar-refractivity contribution is 0.102. The Kier molecular flexibility index (Phi) is 9.30. The van der Waals surface area contributed by atoms with Gasteiger partial charge in [-0.1, -0.05) is 38.8 Å². The Bertz CT molecular complexity index is 1020. The molecule has 1 saturated heterocycles. The largest absolute Gasteiger partial charge is 0.336 e. The third-order valence-electron chi connectivity index (χ3n) is 7.42. The molecule has 3 amide bonds. The maximum atomic E-state index is 13.5. The molecular weight excluding hydrogens is 452 g/mol. The molecule has 4 rings (SSSR count). The number of likely N-dealkylation sites (tertiary alicyclic amines) is 1. The Balaban J connectivity index is 1.36. The molecule has 2 aromatic rings. The van der Waals surface area contributed by atoms with Crippen molar-refractivity contribution < 1.29 is 9.59 Å². The van der Waals surface area contributed by atoms with Crippen molar-refractivity contribution in [3.05, 3.63) is 48.2 Å². The van der Waals surface area contributed by atoms with Crippen LogP contribution in [0.15, 0.2) is 42.6 Å². The molecule has 194 valence electrons. The van der Waals surface area contributed by atoms with Gasteiger partial charge in [0.25, 0.3) is 5.91 Å². The second-order valence-electron chi connectivity index (χ2n) is 9.62. The van der Waals surface area contributed by atoms with E-state index >= 15 is 0 Å². The van der Waals surface area contributed by atoms with Crippen molar-refractivity contribution in [2.24, 2.45) is 0 Å². The standard InChI is InChI=1S/C28H40N6O2/c1-3-32(4-2)19-9-7-12-22-13-8-10-20-33(22)21-18-30-28(36)34-25-16-6-5-14-23(25)27(35)31-24-15-11-17-29-26(24)34/h5-6,11,14-17,22H,3-4,7-10,12-13,18-21H2,1-2H3,(H,30,36)(H,31,35). The number of unbranched alkanes of at least 4 members (excludes halogenated alkanes) is 1. The normalized spacial score (nSPS) is 17.8. The van der Waals surface area contributed by atoms with Crippen molar-refractivity contribution in [1.82, 2.24) is 20.1 Å². The van der Waals surface area contributed by atoms with Gasteiger partial charge in [-0.05, 0) is 76.1 Å². The van der Waals surface area contributed by atoms with E-state index in [9.17, 15) is 9.59 Å². The van der Waals surface area contributed by atoms with Crippen molar-refractivity contribution in [2.75, 3.05) is 49.5 Å². The molecule has 1 atom stereocenters. The molecule has 0 aliphatic carbocycles. The molecule has 1 aromatic heterocycles.